The number of carbonyl (C=O) groups is 2. The average Bonchev–Trinajstić information content (AvgIpc) is 2.47. The van der Waals surface area contributed by atoms with Gasteiger partial charge in [0, 0.05) is 0 Å². The Kier molecular flexibility index (Phi) is 5.50. The predicted molar refractivity (Wildman–Crippen MR) is 76.8 cm³/mol. The van der Waals surface area contributed by atoms with E-state index in [1.807, 2.05) is 18.2 Å². The molecule has 0 heterocycles. The average molecular weight is 276 g/mol. The molecule has 4 heteroatoms. The van der Waals surface area contributed by atoms with Crippen LogP contribution in [0.25, 0.3) is 5.57 Å². The SMILES string of the molecule is C=C(c1ccccc1)C(C)(C(=O)OCC)C(=O)OCC. The minimum atomic E-state index is -1.53. The van der Waals surface area contributed by atoms with Crippen molar-refractivity contribution in [1.82, 2.24) is 0 Å². The van der Waals surface area contributed by atoms with Crippen molar-refractivity contribution in [2.45, 2.75) is 20.8 Å². The fourth-order valence-electron chi connectivity index (χ4n) is 1.81. The molecule has 0 aromatic heterocycles. The van der Waals surface area contributed by atoms with Crippen molar-refractivity contribution in [3.63, 3.8) is 0 Å². The van der Waals surface area contributed by atoms with Gasteiger partial charge in [0.1, 0.15) is 0 Å². The van der Waals surface area contributed by atoms with E-state index in [4.69, 9.17) is 9.47 Å². The normalized spacial score (nSPS) is 10.8. The second kappa shape index (κ2) is 6.89. The summed E-state index contributed by atoms with van der Waals surface area (Å²) in [6.07, 6.45) is 0. The van der Waals surface area contributed by atoms with Crippen LogP contribution < -0.4 is 0 Å². The van der Waals surface area contributed by atoms with Crippen molar-refractivity contribution in [1.29, 1.82) is 0 Å². The van der Waals surface area contributed by atoms with Gasteiger partial charge in [-0.3, -0.25) is 9.59 Å². The van der Waals surface area contributed by atoms with Crippen LogP contribution in [0.3, 0.4) is 0 Å². The van der Waals surface area contributed by atoms with Gasteiger partial charge in [-0.05, 0) is 31.9 Å². The molecule has 1 aromatic carbocycles. The van der Waals surface area contributed by atoms with Gasteiger partial charge < -0.3 is 9.47 Å². The molecule has 0 radical (unpaired) electrons. The number of hydrogen-bond acceptors (Lipinski definition) is 4. The van der Waals surface area contributed by atoms with Crippen molar-refractivity contribution in [3.05, 3.63) is 42.5 Å². The van der Waals surface area contributed by atoms with Gasteiger partial charge in [-0.25, -0.2) is 0 Å². The highest BCUT2D eigenvalue weighted by Gasteiger charge is 2.47. The number of esters is 2. The maximum atomic E-state index is 12.2. The lowest BCUT2D eigenvalue weighted by Gasteiger charge is -2.27. The van der Waals surface area contributed by atoms with Crippen LogP contribution in [0.1, 0.15) is 26.3 Å². The Morgan fingerprint density at radius 3 is 1.90 bits per heavy atom. The lowest BCUT2D eigenvalue weighted by Crippen LogP contribution is -2.40. The third-order valence-electron chi connectivity index (χ3n) is 3.09. The quantitative estimate of drug-likeness (QED) is 0.592. The van der Waals surface area contributed by atoms with E-state index in [-0.39, 0.29) is 13.2 Å². The van der Waals surface area contributed by atoms with E-state index in [9.17, 15) is 9.59 Å². The predicted octanol–water partition coefficient (Wildman–Crippen LogP) is 2.83. The van der Waals surface area contributed by atoms with Gasteiger partial charge in [-0.2, -0.15) is 0 Å². The minimum Gasteiger partial charge on any atom is -0.465 e. The van der Waals surface area contributed by atoms with Crippen LogP contribution in [0.2, 0.25) is 0 Å². The van der Waals surface area contributed by atoms with Crippen LogP contribution >= 0.6 is 0 Å². The van der Waals surface area contributed by atoms with Gasteiger partial charge in [0.25, 0.3) is 0 Å². The lowest BCUT2D eigenvalue weighted by atomic mass is 9.79. The minimum absolute atomic E-state index is 0.190. The second-order valence-corrected chi connectivity index (χ2v) is 4.41. The molecule has 4 nitrogen and oxygen atoms in total. The summed E-state index contributed by atoms with van der Waals surface area (Å²) >= 11 is 0. The second-order valence-electron chi connectivity index (χ2n) is 4.41. The van der Waals surface area contributed by atoms with Crippen LogP contribution in [-0.4, -0.2) is 25.2 Å². The van der Waals surface area contributed by atoms with E-state index in [1.165, 1.54) is 6.92 Å². The highest BCUT2D eigenvalue weighted by molar-refractivity contribution is 6.11. The van der Waals surface area contributed by atoms with Gasteiger partial charge in [-0.15, -0.1) is 0 Å². The zero-order valence-corrected chi connectivity index (χ0v) is 12.1. The zero-order chi connectivity index (χ0) is 15.2. The molecule has 0 aliphatic heterocycles. The first-order valence-electron chi connectivity index (χ1n) is 6.57. The molecule has 0 unspecified atom stereocenters. The summed E-state index contributed by atoms with van der Waals surface area (Å²) in [5, 5.41) is 0. The molecule has 1 rings (SSSR count). The summed E-state index contributed by atoms with van der Waals surface area (Å²) in [6.45, 7) is 9.15. The van der Waals surface area contributed by atoms with Crippen LogP contribution in [0.15, 0.2) is 36.9 Å². The zero-order valence-electron chi connectivity index (χ0n) is 12.1. The van der Waals surface area contributed by atoms with Crippen LogP contribution in [-0.2, 0) is 19.1 Å². The first kappa shape index (κ1) is 16.0. The van der Waals surface area contributed by atoms with Crippen molar-refractivity contribution >= 4 is 17.5 Å². The van der Waals surface area contributed by atoms with E-state index in [0.29, 0.717) is 11.1 Å². The highest BCUT2D eigenvalue weighted by atomic mass is 16.6. The lowest BCUT2D eigenvalue weighted by molar-refractivity contribution is -0.165. The first-order chi connectivity index (χ1) is 9.48. The molecule has 1 aromatic rings. The van der Waals surface area contributed by atoms with E-state index >= 15 is 0 Å². The molecule has 0 amide bonds. The molecule has 0 aliphatic rings. The summed E-state index contributed by atoms with van der Waals surface area (Å²) in [5.74, 6) is -1.29. The molecule has 0 saturated carbocycles. The monoisotopic (exact) mass is 276 g/mol. The third kappa shape index (κ3) is 3.07. The maximum absolute atomic E-state index is 12.2. The summed E-state index contributed by atoms with van der Waals surface area (Å²) in [6, 6.07) is 9.06. The van der Waals surface area contributed by atoms with Gasteiger partial charge in [0.2, 0.25) is 0 Å². The smallest absolute Gasteiger partial charge is 0.327 e. The Balaban J connectivity index is 3.20. The highest BCUT2D eigenvalue weighted by Crippen LogP contribution is 2.36. The van der Waals surface area contributed by atoms with Crippen LogP contribution in [0.4, 0.5) is 0 Å². The van der Waals surface area contributed by atoms with Gasteiger partial charge in [-0.1, -0.05) is 36.9 Å². The molecule has 0 saturated heterocycles. The standard InChI is InChI=1S/C16H20O4/c1-5-19-14(17)16(4,15(18)20-6-2)12(3)13-10-8-7-9-11-13/h7-11H,3,5-6H2,1-2,4H3. The van der Waals surface area contributed by atoms with Gasteiger partial charge >= 0.3 is 11.9 Å². The Morgan fingerprint density at radius 2 is 1.50 bits per heavy atom. The molecule has 0 fully saturated rings. The topological polar surface area (TPSA) is 52.6 Å². The molecular formula is C16H20O4. The molecule has 0 N–H and O–H groups in total. The molecule has 0 aliphatic carbocycles. The Labute approximate surface area is 119 Å². The number of ether oxygens (including phenoxy) is 2. The molecule has 108 valence electrons. The van der Waals surface area contributed by atoms with Crippen molar-refractivity contribution in [3.8, 4) is 0 Å². The summed E-state index contributed by atoms with van der Waals surface area (Å²) in [7, 11) is 0. The summed E-state index contributed by atoms with van der Waals surface area (Å²) in [5.41, 5.74) is -0.459. The van der Waals surface area contributed by atoms with Crippen molar-refractivity contribution in [2.75, 3.05) is 13.2 Å². The molecular weight excluding hydrogens is 256 g/mol. The van der Waals surface area contributed by atoms with E-state index in [0.717, 1.165) is 0 Å². The number of carbonyl (C=O) groups excluding carboxylic acids is 2. The Hall–Kier alpha value is -2.10. The fraction of sp³-hybridized carbons (Fsp3) is 0.375. The number of hydrogen-bond donors (Lipinski definition) is 0. The summed E-state index contributed by atoms with van der Waals surface area (Å²) < 4.78 is 10.0. The molecule has 0 bridgehead atoms. The van der Waals surface area contributed by atoms with Crippen molar-refractivity contribution in [2.24, 2.45) is 5.41 Å². The van der Waals surface area contributed by atoms with E-state index in [2.05, 4.69) is 6.58 Å². The largest absolute Gasteiger partial charge is 0.465 e. The maximum Gasteiger partial charge on any atom is 0.327 e. The van der Waals surface area contributed by atoms with Gasteiger partial charge in [0.05, 0.1) is 13.2 Å². The van der Waals surface area contributed by atoms with Gasteiger partial charge in [0.15, 0.2) is 5.41 Å². The van der Waals surface area contributed by atoms with Crippen molar-refractivity contribution < 1.29 is 19.1 Å². The Morgan fingerprint density at radius 1 is 1.05 bits per heavy atom. The molecule has 0 spiro atoms. The fourth-order valence-corrected chi connectivity index (χ4v) is 1.81. The molecule has 20 heavy (non-hydrogen) atoms. The first-order valence-corrected chi connectivity index (χ1v) is 6.57. The molecule has 0 atom stereocenters. The third-order valence-corrected chi connectivity index (χ3v) is 3.09. The Bertz CT molecular complexity index is 472. The van der Waals surface area contributed by atoms with Crippen LogP contribution in [0.5, 0.6) is 0 Å². The number of rotatable bonds is 6. The van der Waals surface area contributed by atoms with E-state index in [1.54, 1.807) is 26.0 Å². The van der Waals surface area contributed by atoms with E-state index < -0.39 is 17.4 Å². The summed E-state index contributed by atoms with van der Waals surface area (Å²) in [4.78, 5) is 24.4. The van der Waals surface area contributed by atoms with Crippen LogP contribution in [0, 0.1) is 5.41 Å². The number of benzene rings is 1.